The van der Waals surface area contributed by atoms with Gasteiger partial charge in [-0.15, -0.1) is 0 Å². The molecule has 762 valence electrons. The molecular weight excluding hydrogens is 1880 g/mol. The van der Waals surface area contributed by atoms with E-state index in [1.54, 1.807) is 29.1 Å². The van der Waals surface area contributed by atoms with Gasteiger partial charge in [0.1, 0.15) is 39.4 Å². The third kappa shape index (κ3) is 20.1. The zero-order valence-corrected chi connectivity index (χ0v) is 86.3. The zero-order valence-electron chi connectivity index (χ0n) is 86.3. The number of hydrogen-bond acceptors (Lipinski definition) is 29. The van der Waals surface area contributed by atoms with Crippen LogP contribution in [0.3, 0.4) is 0 Å². The van der Waals surface area contributed by atoms with Gasteiger partial charge in [0.15, 0.2) is 16.9 Å². The van der Waals surface area contributed by atoms with Crippen molar-refractivity contribution in [3.63, 3.8) is 0 Å². The zero-order chi connectivity index (χ0) is 103. The lowest BCUT2D eigenvalue weighted by Gasteiger charge is -2.39. The lowest BCUT2D eigenvalue weighted by Crippen LogP contribution is -2.50. The summed E-state index contributed by atoms with van der Waals surface area (Å²) in [7, 11) is 10.8. The van der Waals surface area contributed by atoms with Crippen molar-refractivity contribution < 1.29 is 26.5 Å². The molecule has 26 rings (SSSR count). The molecule has 149 heavy (non-hydrogen) atoms. The Hall–Kier alpha value is -16.0. The van der Waals surface area contributed by atoms with Crippen molar-refractivity contribution in [1.82, 2.24) is 91.4 Å². The van der Waals surface area contributed by atoms with Gasteiger partial charge in [-0.25, -0.2) is 58.3 Å². The van der Waals surface area contributed by atoms with E-state index in [1.165, 1.54) is 31.5 Å². The Morgan fingerprint density at radius 2 is 0.799 bits per heavy atom. The molecule has 6 aliphatic rings. The molecule has 0 radical (unpaired) electrons. The number of piperazine rings is 3. The molecule has 20 aromatic rings. The number of rotatable bonds is 11. The second-order valence-corrected chi connectivity index (χ2v) is 41.1. The fourth-order valence-electron chi connectivity index (χ4n) is 21.5. The van der Waals surface area contributed by atoms with Gasteiger partial charge in [-0.2, -0.15) is 0 Å². The van der Waals surface area contributed by atoms with Crippen molar-refractivity contribution in [2.24, 2.45) is 5.92 Å². The van der Waals surface area contributed by atoms with Gasteiger partial charge in [0.2, 0.25) is 5.78 Å². The summed E-state index contributed by atoms with van der Waals surface area (Å²) in [4.78, 5) is 125. The molecule has 6 atom stereocenters. The molecule has 6 saturated heterocycles. The fourth-order valence-corrected chi connectivity index (χ4v) is 21.5. The summed E-state index contributed by atoms with van der Waals surface area (Å²) in [6.07, 6.45) is 25.7. The van der Waals surface area contributed by atoms with Gasteiger partial charge in [0.05, 0.1) is 96.3 Å². The number of imidazole rings is 5. The number of nitrogens with one attached hydrogen (secondary N) is 1. The van der Waals surface area contributed by atoms with Crippen molar-refractivity contribution in [2.45, 2.75) is 119 Å². The number of likely N-dealkylation sites (tertiary alicyclic amines) is 2. The lowest BCUT2D eigenvalue weighted by atomic mass is 9.93. The number of fused-ring (bicyclic) bond motifs is 11. The molecule has 0 saturated carbocycles. The van der Waals surface area contributed by atoms with Gasteiger partial charge in [0.25, 0.3) is 0 Å². The SMILES string of the molecule is Cc1cn2cc(-c3cc4c(F)cc(N5CCN(C)[C@@H](C)C5)cc4oc3=O)nc2cn1.Cc1cn2cc(-c3cc4ccc(N5CCN(C)[C@H](C)C5)cc4oc3=O)ccc2n1.Cc1cn2cc(-c3cc4ccc(N5CCN(C)[C@H](C)C5)cc4oc3=O)cnc2n1.Cc1cn2cc(-c3cc4ccc(N5C[C@H]6CCCN(C)[C@H]6C5)cc4oc3=O)nc2c(C)n1.Cc1cn2cc(-c3cc4ccc(N[C@H]5CCN(C)C5)cc4oc3=O)nc2c(C)n1. The number of hydrogen-bond donors (Lipinski definition) is 1. The number of aryl methyl sites for hydroxylation is 7. The number of anilines is 5. The van der Waals surface area contributed by atoms with Crippen LogP contribution in [0.25, 0.3) is 139 Å². The van der Waals surface area contributed by atoms with Gasteiger partial charge in [0, 0.05) is 268 Å². The number of halogens is 1. The maximum absolute atomic E-state index is 15.0. The third-order valence-corrected chi connectivity index (χ3v) is 30.2. The van der Waals surface area contributed by atoms with Crippen LogP contribution in [0.2, 0.25) is 0 Å². The van der Waals surface area contributed by atoms with Crippen LogP contribution in [0.1, 0.15) is 79.9 Å². The van der Waals surface area contributed by atoms with Crippen LogP contribution < -0.4 is 53.0 Å². The second kappa shape index (κ2) is 40.0. The Morgan fingerprint density at radius 3 is 1.36 bits per heavy atom. The van der Waals surface area contributed by atoms with Gasteiger partial charge in [-0.1, -0.05) is 0 Å². The smallest absolute Gasteiger partial charge is 0.345 e. The lowest BCUT2D eigenvalue weighted by molar-refractivity contribution is 0.158. The Balaban J connectivity index is 0.000000105. The van der Waals surface area contributed by atoms with Gasteiger partial charge < -0.3 is 89.1 Å². The number of aromatic nitrogens is 14. The van der Waals surface area contributed by atoms with Crippen LogP contribution in [0, 0.1) is 60.2 Å². The predicted molar refractivity (Wildman–Crippen MR) is 581 cm³/mol. The van der Waals surface area contributed by atoms with E-state index in [-0.39, 0.29) is 39.0 Å². The van der Waals surface area contributed by atoms with Crippen LogP contribution in [0.5, 0.6) is 0 Å². The minimum Gasteiger partial charge on any atom is -0.422 e. The molecule has 0 aliphatic carbocycles. The quantitative estimate of drug-likeness (QED) is 0.118. The Labute approximate surface area is 856 Å². The van der Waals surface area contributed by atoms with E-state index < -0.39 is 11.4 Å². The van der Waals surface area contributed by atoms with Gasteiger partial charge >= 0.3 is 28.1 Å². The van der Waals surface area contributed by atoms with E-state index in [1.807, 2.05) is 207 Å². The molecule has 0 bridgehead atoms. The van der Waals surface area contributed by atoms with Crippen molar-refractivity contribution in [1.29, 1.82) is 0 Å². The summed E-state index contributed by atoms with van der Waals surface area (Å²) in [6, 6.07) is 42.9. The highest BCUT2D eigenvalue weighted by Crippen LogP contribution is 2.38. The predicted octanol–water partition coefficient (Wildman–Crippen LogP) is 16.5. The Kier molecular flexibility index (Phi) is 26.3. The topological polar surface area (TPSA) is 330 Å². The summed E-state index contributed by atoms with van der Waals surface area (Å²) in [6.45, 7) is 33.8. The van der Waals surface area contributed by atoms with Crippen molar-refractivity contribution in [3.05, 3.63) is 300 Å². The Bertz CT molecular complexity index is 8740. The molecule has 5 aromatic carbocycles. The summed E-state index contributed by atoms with van der Waals surface area (Å²) in [5, 5.41) is 7.39. The monoisotopic (exact) mass is 2000 g/mol. The highest BCUT2D eigenvalue weighted by atomic mass is 19.1. The van der Waals surface area contributed by atoms with Crippen LogP contribution >= 0.6 is 0 Å². The molecule has 0 unspecified atom stereocenters. The number of benzene rings is 5. The molecular formula is C114H119FN24O10. The first-order valence-electron chi connectivity index (χ1n) is 50.9. The normalized spacial score (nSPS) is 18.6. The number of nitrogens with zero attached hydrogens (tertiary/aromatic N) is 23. The minimum absolute atomic E-state index is 0.226. The van der Waals surface area contributed by atoms with E-state index in [0.717, 1.165) is 210 Å². The molecule has 35 heteroatoms. The first kappa shape index (κ1) is 97.8. The average molecular weight is 2000 g/mol. The highest BCUT2D eigenvalue weighted by Gasteiger charge is 2.38. The first-order valence-corrected chi connectivity index (χ1v) is 50.9. The van der Waals surface area contributed by atoms with E-state index in [2.05, 4.69) is 175 Å². The highest BCUT2D eigenvalue weighted by molar-refractivity contribution is 5.90. The maximum Gasteiger partial charge on any atom is 0.345 e. The fraction of sp³-hybridized carbons (Fsp3) is 0.333. The molecule has 34 nitrogen and oxygen atoms in total. The summed E-state index contributed by atoms with van der Waals surface area (Å²) < 4.78 is 52.8. The van der Waals surface area contributed by atoms with E-state index >= 15 is 4.39 Å². The molecule has 0 spiro atoms. The molecule has 6 aliphatic heterocycles. The molecule has 6 fully saturated rings. The first-order chi connectivity index (χ1) is 71.7. The van der Waals surface area contributed by atoms with Crippen molar-refractivity contribution in [2.75, 3.05) is 152 Å². The van der Waals surface area contributed by atoms with Gasteiger partial charge in [-0.05, 0) is 240 Å². The molecule has 1 N–H and O–H groups in total. The number of piperidine rings is 1. The third-order valence-electron chi connectivity index (χ3n) is 30.2. The van der Waals surface area contributed by atoms with Crippen LogP contribution in [-0.2, 0) is 0 Å². The summed E-state index contributed by atoms with van der Waals surface area (Å²) in [5.41, 5.74) is 20.2. The van der Waals surface area contributed by atoms with Crippen molar-refractivity contribution >= 4 is 112 Å². The van der Waals surface area contributed by atoms with Crippen LogP contribution in [0.4, 0.5) is 32.8 Å². The van der Waals surface area contributed by atoms with E-state index in [4.69, 9.17) is 22.1 Å². The van der Waals surface area contributed by atoms with E-state index in [9.17, 15) is 24.0 Å². The molecule has 15 aromatic heterocycles. The van der Waals surface area contributed by atoms with Gasteiger partial charge in [-0.3, -0.25) is 19.4 Å². The molecule has 0 amide bonds. The Morgan fingerprint density at radius 1 is 0.342 bits per heavy atom. The number of pyridine rings is 1. The van der Waals surface area contributed by atoms with Crippen molar-refractivity contribution in [3.8, 4) is 56.0 Å². The second-order valence-electron chi connectivity index (χ2n) is 41.1. The standard InChI is InChI=1S/C25H27N5O2.C23H24N4O2.C22H22FN5O2.2C22H23N5O2/c1-15-11-30-13-21(27-24(30)16(2)26-15)20-9-17-6-7-19(10-23(17)32-25(20)31)29-12-18-5-4-8-28(3)22(18)14-29;1-15-12-27-14-18(5-7-22(27)24-15)20-10-17-4-6-19(11-21(17)29-23(20)28)26-9-8-25(3)16(2)13-26;1-13-10-28-12-19(25-21(28)9-24-13)17-8-16-18(23)6-15(7-20(16)30-22(17)29)27-5-4-26(3)14(2)11-27;1-14-11-27-13-17(10-23-22(27)24-14)19-8-16-4-5-18(9-20(16)29-21(19)28)26-7-6-25(3)15(2)12-26;1-13-10-27-12-19(25-21(27)14(2)23-13)18-8-15-4-5-16(9-20(15)29-22(18)28)24-17-6-7-26(3)11-17/h6-7,9-11,13,18,22H,4-5,8,12,14H2,1-3H3;4-7,10-12,14,16H,8-9,13H2,1-3H3;6-10,12,14H,4-5,11H2,1-3H3;4-5,8-11,13,15H,6-7,12H2,1-3H3;4-5,8-10,12,17,24H,6-7,11H2,1-3H3/t18-,22+;16-;14-;15-;17-/m11010/s1. The minimum atomic E-state index is -0.543. The summed E-state index contributed by atoms with van der Waals surface area (Å²) >= 11 is 0. The maximum atomic E-state index is 15.0. The number of likely N-dealkylation sites (N-methyl/N-ethyl adjacent to an activating group) is 5. The van der Waals surface area contributed by atoms with Crippen LogP contribution in [0.15, 0.2) is 248 Å². The average Bonchev–Trinajstić information content (AvgIpc) is 1.66. The van der Waals surface area contributed by atoms with Crippen LogP contribution in [-0.4, -0.2) is 248 Å². The van der Waals surface area contributed by atoms with E-state index in [0.29, 0.717) is 109 Å². The summed E-state index contributed by atoms with van der Waals surface area (Å²) in [5.74, 6) is 0.915. The largest absolute Gasteiger partial charge is 0.422 e. The molecule has 21 heterocycles.